The Bertz CT molecular complexity index is 651. The van der Waals surface area contributed by atoms with Crippen LogP contribution in [0.2, 0.25) is 0 Å². The molecule has 0 radical (unpaired) electrons. The standard InChI is InChI=1S/C15H17NO4S/c1-4-20-15(17)13-10(8-21-14(13)16)9-5-6-11(18-2)12(7-9)19-3/h5-8H,4,16H2,1-3H3. The molecule has 0 aliphatic heterocycles. The molecule has 0 atom stereocenters. The Balaban J connectivity index is 2.50. The highest BCUT2D eigenvalue weighted by molar-refractivity contribution is 7.14. The summed E-state index contributed by atoms with van der Waals surface area (Å²) < 4.78 is 15.6. The number of anilines is 1. The highest BCUT2D eigenvalue weighted by Gasteiger charge is 2.20. The van der Waals surface area contributed by atoms with Gasteiger partial charge in [-0.15, -0.1) is 11.3 Å². The predicted molar refractivity (Wildman–Crippen MR) is 83.2 cm³/mol. The predicted octanol–water partition coefficient (Wildman–Crippen LogP) is 3.19. The molecule has 5 nitrogen and oxygen atoms in total. The van der Waals surface area contributed by atoms with E-state index < -0.39 is 5.97 Å². The highest BCUT2D eigenvalue weighted by atomic mass is 32.1. The van der Waals surface area contributed by atoms with Crippen molar-refractivity contribution in [3.63, 3.8) is 0 Å². The fourth-order valence-electron chi connectivity index (χ4n) is 2.00. The van der Waals surface area contributed by atoms with Crippen LogP contribution in [0, 0.1) is 0 Å². The molecule has 1 aromatic heterocycles. The van der Waals surface area contributed by atoms with Gasteiger partial charge in [0.05, 0.1) is 20.8 Å². The van der Waals surface area contributed by atoms with Gasteiger partial charge in [0.25, 0.3) is 0 Å². The number of hydrogen-bond acceptors (Lipinski definition) is 6. The first-order valence-electron chi connectivity index (χ1n) is 6.38. The molecule has 0 saturated heterocycles. The first-order chi connectivity index (χ1) is 10.1. The van der Waals surface area contributed by atoms with Gasteiger partial charge < -0.3 is 19.9 Å². The molecule has 0 spiro atoms. The minimum Gasteiger partial charge on any atom is -0.493 e. The maximum atomic E-state index is 12.0. The number of esters is 1. The minimum atomic E-state index is -0.416. The van der Waals surface area contributed by atoms with E-state index in [1.54, 1.807) is 27.2 Å². The molecule has 2 aromatic rings. The number of ether oxygens (including phenoxy) is 3. The summed E-state index contributed by atoms with van der Waals surface area (Å²) in [7, 11) is 3.14. The van der Waals surface area contributed by atoms with Gasteiger partial charge in [-0.1, -0.05) is 6.07 Å². The van der Waals surface area contributed by atoms with Gasteiger partial charge in [0.15, 0.2) is 11.5 Å². The van der Waals surface area contributed by atoms with E-state index in [2.05, 4.69) is 0 Å². The van der Waals surface area contributed by atoms with Crippen molar-refractivity contribution in [2.75, 3.05) is 26.6 Å². The molecule has 21 heavy (non-hydrogen) atoms. The van der Waals surface area contributed by atoms with E-state index in [-0.39, 0.29) is 0 Å². The molecule has 112 valence electrons. The van der Waals surface area contributed by atoms with Crippen LogP contribution in [0.25, 0.3) is 11.1 Å². The molecule has 0 fully saturated rings. The van der Waals surface area contributed by atoms with Crippen LogP contribution in [-0.4, -0.2) is 26.8 Å². The summed E-state index contributed by atoms with van der Waals surface area (Å²) in [6, 6.07) is 5.45. The summed E-state index contributed by atoms with van der Waals surface area (Å²) in [5, 5.41) is 2.28. The molecule has 0 unspecified atom stereocenters. The molecule has 1 heterocycles. The maximum absolute atomic E-state index is 12.0. The normalized spacial score (nSPS) is 10.2. The van der Waals surface area contributed by atoms with Crippen molar-refractivity contribution >= 4 is 22.3 Å². The van der Waals surface area contributed by atoms with Crippen LogP contribution < -0.4 is 15.2 Å². The number of nitrogens with two attached hydrogens (primary N) is 1. The molecular weight excluding hydrogens is 290 g/mol. The zero-order chi connectivity index (χ0) is 15.4. The van der Waals surface area contributed by atoms with Gasteiger partial charge >= 0.3 is 5.97 Å². The average molecular weight is 307 g/mol. The van der Waals surface area contributed by atoms with Crippen LogP contribution in [0.1, 0.15) is 17.3 Å². The molecule has 0 amide bonds. The lowest BCUT2D eigenvalue weighted by atomic mass is 10.0. The fourth-order valence-corrected chi connectivity index (χ4v) is 2.81. The molecular formula is C15H17NO4S. The van der Waals surface area contributed by atoms with Crippen molar-refractivity contribution in [3.8, 4) is 22.6 Å². The number of carbonyl (C=O) groups is 1. The Kier molecular flexibility index (Phi) is 4.70. The van der Waals surface area contributed by atoms with Crippen LogP contribution in [0.5, 0.6) is 11.5 Å². The number of carbonyl (C=O) groups excluding carboxylic acids is 1. The van der Waals surface area contributed by atoms with E-state index in [4.69, 9.17) is 19.9 Å². The Morgan fingerprint density at radius 3 is 2.57 bits per heavy atom. The lowest BCUT2D eigenvalue weighted by Crippen LogP contribution is -2.07. The first-order valence-corrected chi connectivity index (χ1v) is 7.26. The van der Waals surface area contributed by atoms with E-state index in [1.165, 1.54) is 11.3 Å². The second-order valence-corrected chi connectivity index (χ2v) is 5.09. The third-order valence-electron chi connectivity index (χ3n) is 2.99. The molecule has 0 aliphatic carbocycles. The number of benzene rings is 1. The zero-order valence-corrected chi connectivity index (χ0v) is 13.0. The summed E-state index contributed by atoms with van der Waals surface area (Å²) in [4.78, 5) is 12.0. The maximum Gasteiger partial charge on any atom is 0.341 e. The van der Waals surface area contributed by atoms with E-state index in [0.29, 0.717) is 28.7 Å². The molecule has 0 saturated carbocycles. The van der Waals surface area contributed by atoms with E-state index in [0.717, 1.165) is 11.1 Å². The molecule has 1 aromatic carbocycles. The van der Waals surface area contributed by atoms with Crippen molar-refractivity contribution < 1.29 is 19.0 Å². The van der Waals surface area contributed by atoms with E-state index >= 15 is 0 Å². The Labute approximate surface area is 127 Å². The topological polar surface area (TPSA) is 70.8 Å². The molecule has 0 aliphatic rings. The molecule has 6 heteroatoms. The number of nitrogen functional groups attached to an aromatic ring is 1. The quantitative estimate of drug-likeness (QED) is 0.859. The third kappa shape index (κ3) is 2.95. The summed E-state index contributed by atoms with van der Waals surface area (Å²) in [5.74, 6) is 0.803. The van der Waals surface area contributed by atoms with Crippen molar-refractivity contribution in [2.24, 2.45) is 0 Å². The zero-order valence-electron chi connectivity index (χ0n) is 12.1. The number of hydrogen-bond donors (Lipinski definition) is 1. The Morgan fingerprint density at radius 1 is 1.24 bits per heavy atom. The van der Waals surface area contributed by atoms with Crippen molar-refractivity contribution in [2.45, 2.75) is 6.92 Å². The fraction of sp³-hybridized carbons (Fsp3) is 0.267. The minimum absolute atomic E-state index is 0.305. The van der Waals surface area contributed by atoms with Crippen LogP contribution in [-0.2, 0) is 4.74 Å². The summed E-state index contributed by atoms with van der Waals surface area (Å²) in [6.45, 7) is 2.07. The van der Waals surface area contributed by atoms with Crippen LogP contribution >= 0.6 is 11.3 Å². The average Bonchev–Trinajstić information content (AvgIpc) is 2.88. The second kappa shape index (κ2) is 6.49. The van der Waals surface area contributed by atoms with E-state index in [9.17, 15) is 4.79 Å². The van der Waals surface area contributed by atoms with Gasteiger partial charge in [-0.25, -0.2) is 4.79 Å². The largest absolute Gasteiger partial charge is 0.493 e. The van der Waals surface area contributed by atoms with Gasteiger partial charge in [-0.3, -0.25) is 0 Å². The third-order valence-corrected chi connectivity index (χ3v) is 3.81. The van der Waals surface area contributed by atoms with Crippen molar-refractivity contribution in [1.29, 1.82) is 0 Å². The van der Waals surface area contributed by atoms with Gasteiger partial charge in [0.2, 0.25) is 0 Å². The van der Waals surface area contributed by atoms with Crippen molar-refractivity contribution in [3.05, 3.63) is 29.1 Å². The van der Waals surface area contributed by atoms with Gasteiger partial charge in [-0.2, -0.15) is 0 Å². The number of thiophene rings is 1. The van der Waals surface area contributed by atoms with Gasteiger partial charge in [-0.05, 0) is 24.6 Å². The van der Waals surface area contributed by atoms with Crippen molar-refractivity contribution in [1.82, 2.24) is 0 Å². The second-order valence-electron chi connectivity index (χ2n) is 4.18. The highest BCUT2D eigenvalue weighted by Crippen LogP contribution is 2.38. The van der Waals surface area contributed by atoms with Crippen LogP contribution in [0.4, 0.5) is 5.00 Å². The number of methoxy groups -OCH3 is 2. The lowest BCUT2D eigenvalue weighted by molar-refractivity contribution is 0.0529. The Morgan fingerprint density at radius 2 is 1.95 bits per heavy atom. The molecule has 2 rings (SSSR count). The first kappa shape index (κ1) is 15.2. The summed E-state index contributed by atoms with van der Waals surface area (Å²) >= 11 is 1.31. The number of rotatable bonds is 5. The monoisotopic (exact) mass is 307 g/mol. The van der Waals surface area contributed by atoms with Gasteiger partial charge in [0.1, 0.15) is 10.6 Å². The van der Waals surface area contributed by atoms with Gasteiger partial charge in [0, 0.05) is 10.9 Å². The smallest absolute Gasteiger partial charge is 0.341 e. The lowest BCUT2D eigenvalue weighted by Gasteiger charge is -2.10. The van der Waals surface area contributed by atoms with Crippen LogP contribution in [0.15, 0.2) is 23.6 Å². The van der Waals surface area contributed by atoms with Crippen LogP contribution in [0.3, 0.4) is 0 Å². The van der Waals surface area contributed by atoms with E-state index in [1.807, 2.05) is 17.5 Å². The molecule has 2 N–H and O–H groups in total. The molecule has 0 bridgehead atoms. The Hall–Kier alpha value is -2.21. The SMILES string of the molecule is CCOC(=O)c1c(-c2ccc(OC)c(OC)c2)csc1N. The summed E-state index contributed by atoms with van der Waals surface area (Å²) in [6.07, 6.45) is 0. The summed E-state index contributed by atoms with van der Waals surface area (Å²) in [5.41, 5.74) is 7.85.